The third kappa shape index (κ3) is 3.34. The predicted molar refractivity (Wildman–Crippen MR) is 98.2 cm³/mol. The van der Waals surface area contributed by atoms with E-state index in [1.807, 2.05) is 17.5 Å². The van der Waals surface area contributed by atoms with Gasteiger partial charge in [0.15, 0.2) is 5.78 Å². The first-order valence-corrected chi connectivity index (χ1v) is 10.5. The highest BCUT2D eigenvalue weighted by Gasteiger charge is 2.21. The van der Waals surface area contributed by atoms with Gasteiger partial charge in [0.1, 0.15) is 0 Å². The predicted octanol–water partition coefficient (Wildman–Crippen LogP) is 4.96. The van der Waals surface area contributed by atoms with Gasteiger partial charge in [0, 0.05) is 4.88 Å². The Morgan fingerprint density at radius 1 is 1.46 bits per heavy atom. The SMILES string of the molecule is C[C@H]1CCc2sc(-c3nnc(SCC(=O)c4cccs4)o3)cc2C1. The number of carbonyl (C=O) groups is 1. The molecular formula is C17H16N2O2S3. The van der Waals surface area contributed by atoms with Crippen LogP contribution in [-0.4, -0.2) is 21.7 Å². The van der Waals surface area contributed by atoms with Gasteiger partial charge in [-0.3, -0.25) is 4.79 Å². The lowest BCUT2D eigenvalue weighted by atomic mass is 9.90. The molecule has 1 aliphatic rings. The standard InChI is InChI=1S/C17H16N2O2S3/c1-10-4-5-13-11(7-10)8-15(24-13)16-18-19-17(21-16)23-9-12(20)14-3-2-6-22-14/h2-3,6,8,10H,4-5,7,9H2,1H3/t10-/m0/s1. The van der Waals surface area contributed by atoms with Crippen molar-refractivity contribution < 1.29 is 9.21 Å². The molecule has 4 nitrogen and oxygen atoms in total. The van der Waals surface area contributed by atoms with Crippen LogP contribution in [0.15, 0.2) is 33.2 Å². The maximum absolute atomic E-state index is 12.0. The van der Waals surface area contributed by atoms with E-state index in [1.165, 1.54) is 40.0 Å². The van der Waals surface area contributed by atoms with Crippen LogP contribution in [0.4, 0.5) is 0 Å². The van der Waals surface area contributed by atoms with Gasteiger partial charge in [-0.1, -0.05) is 24.8 Å². The smallest absolute Gasteiger partial charge is 0.277 e. The van der Waals surface area contributed by atoms with Gasteiger partial charge in [0.2, 0.25) is 0 Å². The van der Waals surface area contributed by atoms with Crippen molar-refractivity contribution in [2.75, 3.05) is 5.75 Å². The van der Waals surface area contributed by atoms with Crippen molar-refractivity contribution in [3.63, 3.8) is 0 Å². The van der Waals surface area contributed by atoms with Gasteiger partial charge in [-0.25, -0.2) is 0 Å². The van der Waals surface area contributed by atoms with Crippen LogP contribution in [0.3, 0.4) is 0 Å². The topological polar surface area (TPSA) is 56.0 Å². The number of carbonyl (C=O) groups excluding carboxylic acids is 1. The molecule has 7 heteroatoms. The minimum absolute atomic E-state index is 0.0929. The van der Waals surface area contributed by atoms with Gasteiger partial charge in [-0.2, -0.15) is 0 Å². The summed E-state index contributed by atoms with van der Waals surface area (Å²) < 4.78 is 5.74. The van der Waals surface area contributed by atoms with Crippen molar-refractivity contribution in [3.05, 3.63) is 38.9 Å². The molecule has 0 aliphatic heterocycles. The van der Waals surface area contributed by atoms with Gasteiger partial charge in [0.05, 0.1) is 15.5 Å². The molecule has 3 aromatic heterocycles. The van der Waals surface area contributed by atoms with Crippen LogP contribution < -0.4 is 0 Å². The zero-order chi connectivity index (χ0) is 16.5. The van der Waals surface area contributed by atoms with Crippen LogP contribution in [0.2, 0.25) is 0 Å². The molecule has 0 bridgehead atoms. The van der Waals surface area contributed by atoms with Crippen LogP contribution in [0.25, 0.3) is 10.8 Å². The third-order valence-electron chi connectivity index (χ3n) is 4.07. The van der Waals surface area contributed by atoms with E-state index >= 15 is 0 Å². The monoisotopic (exact) mass is 376 g/mol. The van der Waals surface area contributed by atoms with Crippen LogP contribution in [0.1, 0.15) is 33.5 Å². The van der Waals surface area contributed by atoms with E-state index in [9.17, 15) is 4.79 Å². The summed E-state index contributed by atoms with van der Waals surface area (Å²) in [6, 6.07) is 5.91. The summed E-state index contributed by atoms with van der Waals surface area (Å²) in [4.78, 5) is 15.3. The molecule has 0 radical (unpaired) electrons. The second-order valence-electron chi connectivity index (χ2n) is 5.97. The molecule has 124 valence electrons. The second kappa shape index (κ2) is 6.82. The Hall–Kier alpha value is -1.44. The summed E-state index contributed by atoms with van der Waals surface area (Å²) in [7, 11) is 0. The number of hydrogen-bond donors (Lipinski definition) is 0. The zero-order valence-corrected chi connectivity index (χ0v) is 15.6. The lowest BCUT2D eigenvalue weighted by Gasteiger charge is -2.16. The normalized spacial score (nSPS) is 17.0. The Morgan fingerprint density at radius 3 is 3.21 bits per heavy atom. The Balaban J connectivity index is 1.44. The molecule has 0 saturated carbocycles. The first-order chi connectivity index (χ1) is 11.7. The number of aryl methyl sites for hydroxylation is 1. The fraction of sp³-hybridized carbons (Fsp3) is 0.353. The summed E-state index contributed by atoms with van der Waals surface area (Å²) in [5.41, 5.74) is 1.43. The molecule has 0 aromatic carbocycles. The molecule has 0 spiro atoms. The molecule has 3 aromatic rings. The first-order valence-electron chi connectivity index (χ1n) is 7.84. The summed E-state index contributed by atoms with van der Waals surface area (Å²) in [5, 5.41) is 10.6. The molecule has 0 amide bonds. The van der Waals surface area contributed by atoms with Crippen LogP contribution >= 0.6 is 34.4 Å². The molecule has 0 fully saturated rings. The van der Waals surface area contributed by atoms with Crippen molar-refractivity contribution in [3.8, 4) is 10.8 Å². The average Bonchev–Trinajstić information content (AvgIpc) is 3.30. The van der Waals surface area contributed by atoms with E-state index in [2.05, 4.69) is 23.2 Å². The first kappa shape index (κ1) is 16.1. The molecule has 1 aliphatic carbocycles. The lowest BCUT2D eigenvalue weighted by molar-refractivity contribution is 0.102. The van der Waals surface area contributed by atoms with Crippen molar-refractivity contribution in [1.82, 2.24) is 10.2 Å². The van der Waals surface area contributed by atoms with Crippen LogP contribution in [0.5, 0.6) is 0 Å². The fourth-order valence-electron chi connectivity index (χ4n) is 2.81. The largest absolute Gasteiger partial charge is 0.410 e. The number of thioether (sulfide) groups is 1. The number of fused-ring (bicyclic) bond motifs is 1. The highest BCUT2D eigenvalue weighted by atomic mass is 32.2. The van der Waals surface area contributed by atoms with Crippen molar-refractivity contribution in [2.24, 2.45) is 5.92 Å². The van der Waals surface area contributed by atoms with Crippen molar-refractivity contribution >= 4 is 40.2 Å². The van der Waals surface area contributed by atoms with E-state index in [0.29, 0.717) is 16.9 Å². The van der Waals surface area contributed by atoms with Gasteiger partial charge in [-0.05, 0) is 48.3 Å². The average molecular weight is 377 g/mol. The minimum Gasteiger partial charge on any atom is -0.410 e. The Labute approximate surface area is 152 Å². The summed E-state index contributed by atoms with van der Waals surface area (Å²) >= 11 is 4.51. The van der Waals surface area contributed by atoms with E-state index in [4.69, 9.17) is 4.42 Å². The fourth-order valence-corrected chi connectivity index (χ4v) is 5.35. The summed E-state index contributed by atoms with van der Waals surface area (Å²) in [5.74, 6) is 1.72. The molecule has 0 N–H and O–H groups in total. The van der Waals surface area contributed by atoms with Crippen LogP contribution in [-0.2, 0) is 12.8 Å². The van der Waals surface area contributed by atoms with E-state index < -0.39 is 0 Å². The molecule has 4 rings (SSSR count). The maximum Gasteiger partial charge on any atom is 0.277 e. The highest BCUT2D eigenvalue weighted by molar-refractivity contribution is 7.99. The van der Waals surface area contributed by atoms with Gasteiger partial charge < -0.3 is 4.42 Å². The minimum atomic E-state index is 0.0929. The summed E-state index contributed by atoms with van der Waals surface area (Å²) in [6.45, 7) is 2.30. The molecule has 24 heavy (non-hydrogen) atoms. The summed E-state index contributed by atoms with van der Waals surface area (Å²) in [6.07, 6.45) is 3.53. The van der Waals surface area contributed by atoms with Gasteiger partial charge in [0.25, 0.3) is 11.1 Å². The van der Waals surface area contributed by atoms with E-state index in [1.54, 1.807) is 11.3 Å². The molecule has 0 saturated heterocycles. The molecule has 1 atom stereocenters. The van der Waals surface area contributed by atoms with E-state index in [0.717, 1.165) is 28.5 Å². The van der Waals surface area contributed by atoms with Gasteiger partial charge >= 0.3 is 0 Å². The van der Waals surface area contributed by atoms with Crippen LogP contribution in [0, 0.1) is 5.92 Å². The molecule has 0 unspecified atom stereocenters. The number of rotatable bonds is 5. The van der Waals surface area contributed by atoms with E-state index in [-0.39, 0.29) is 5.78 Å². The highest BCUT2D eigenvalue weighted by Crippen LogP contribution is 2.37. The number of Topliss-reactive ketones (excluding diaryl/α,β-unsaturated/α-hetero) is 1. The Kier molecular flexibility index (Phi) is 4.56. The number of nitrogens with zero attached hydrogens (tertiary/aromatic N) is 2. The molecule has 3 heterocycles. The van der Waals surface area contributed by atoms with Crippen molar-refractivity contribution in [2.45, 2.75) is 31.4 Å². The number of aromatic nitrogens is 2. The molecular weight excluding hydrogens is 360 g/mol. The number of thiophene rings is 2. The Bertz CT molecular complexity index is 851. The third-order valence-corrected chi connectivity index (χ3v) is 7.02. The zero-order valence-electron chi connectivity index (χ0n) is 13.2. The number of hydrogen-bond acceptors (Lipinski definition) is 7. The van der Waals surface area contributed by atoms with Gasteiger partial charge in [-0.15, -0.1) is 32.9 Å². The second-order valence-corrected chi connectivity index (χ2v) is 8.98. The quantitative estimate of drug-likeness (QED) is 0.465. The Morgan fingerprint density at radius 2 is 2.38 bits per heavy atom. The number of ketones is 1. The van der Waals surface area contributed by atoms with Crippen molar-refractivity contribution in [1.29, 1.82) is 0 Å². The maximum atomic E-state index is 12.0. The lowest BCUT2D eigenvalue weighted by Crippen LogP contribution is -2.07.